The number of aromatic nitrogens is 1. The molecule has 0 aliphatic carbocycles. The lowest BCUT2D eigenvalue weighted by atomic mass is 10.1. The summed E-state index contributed by atoms with van der Waals surface area (Å²) in [5.74, 6) is -2.85. The first kappa shape index (κ1) is 21.8. The van der Waals surface area contributed by atoms with Crippen LogP contribution in [-0.2, 0) is 17.8 Å². The van der Waals surface area contributed by atoms with Crippen LogP contribution in [0.5, 0.6) is 0 Å². The van der Waals surface area contributed by atoms with E-state index in [-0.39, 0.29) is 12.3 Å². The average Bonchev–Trinajstić information content (AvgIpc) is 2.78. The molecule has 0 aliphatic heterocycles. The third-order valence-corrected chi connectivity index (χ3v) is 5.70. The number of pyridine rings is 1. The molecule has 3 aromatic carbocycles. The van der Waals surface area contributed by atoms with Gasteiger partial charge in [0, 0.05) is 21.7 Å². The number of nitrogens with zero attached hydrogens (tertiary/aromatic N) is 2. The maximum Gasteiger partial charge on any atom is 0.288 e. The SMILES string of the molecule is NC(=O)Cc1ccc(N(Cc2ccc3ccccc3n2)c2ccc(SC(F)F)cc2)cc1. The summed E-state index contributed by atoms with van der Waals surface area (Å²) in [4.78, 5) is 18.5. The number of thioether (sulfide) groups is 1. The molecular formula is C25H21F2N3OS. The summed E-state index contributed by atoms with van der Waals surface area (Å²) in [5, 5.41) is 1.06. The molecule has 162 valence electrons. The molecule has 0 aliphatic rings. The van der Waals surface area contributed by atoms with Crippen LogP contribution in [0.25, 0.3) is 10.9 Å². The van der Waals surface area contributed by atoms with E-state index in [1.165, 1.54) is 0 Å². The molecule has 2 N–H and O–H groups in total. The predicted molar refractivity (Wildman–Crippen MR) is 125 cm³/mol. The minimum absolute atomic E-state index is 0.173. The summed E-state index contributed by atoms with van der Waals surface area (Å²) < 4.78 is 25.4. The van der Waals surface area contributed by atoms with Gasteiger partial charge in [-0.25, -0.2) is 0 Å². The van der Waals surface area contributed by atoms with Crippen LogP contribution in [-0.4, -0.2) is 16.6 Å². The molecule has 1 heterocycles. The van der Waals surface area contributed by atoms with Gasteiger partial charge in [0.25, 0.3) is 5.76 Å². The van der Waals surface area contributed by atoms with Gasteiger partial charge in [-0.3, -0.25) is 9.78 Å². The van der Waals surface area contributed by atoms with E-state index in [9.17, 15) is 13.6 Å². The average molecular weight is 450 g/mol. The number of hydrogen-bond acceptors (Lipinski definition) is 4. The number of nitrogens with two attached hydrogens (primary N) is 1. The second-order valence-electron chi connectivity index (χ2n) is 7.26. The molecule has 0 atom stereocenters. The van der Waals surface area contributed by atoms with Gasteiger partial charge < -0.3 is 10.6 Å². The van der Waals surface area contributed by atoms with Crippen molar-refractivity contribution in [1.82, 2.24) is 4.98 Å². The van der Waals surface area contributed by atoms with E-state index in [1.807, 2.05) is 72.8 Å². The Bertz CT molecular complexity index is 1210. The molecule has 0 fully saturated rings. The Morgan fingerprint density at radius 2 is 1.56 bits per heavy atom. The highest BCUT2D eigenvalue weighted by Crippen LogP contribution is 2.32. The summed E-state index contributed by atoms with van der Waals surface area (Å²) in [6.07, 6.45) is 0.173. The molecule has 0 unspecified atom stereocenters. The Balaban J connectivity index is 1.67. The normalized spacial score (nSPS) is 11.1. The van der Waals surface area contributed by atoms with Crippen molar-refractivity contribution < 1.29 is 13.6 Å². The summed E-state index contributed by atoms with van der Waals surface area (Å²) in [6, 6.07) is 26.5. The molecule has 4 nitrogen and oxygen atoms in total. The highest BCUT2D eigenvalue weighted by Gasteiger charge is 2.13. The molecule has 4 rings (SSSR count). The predicted octanol–water partition coefficient (Wildman–Crippen LogP) is 5.92. The van der Waals surface area contributed by atoms with E-state index in [0.717, 1.165) is 33.5 Å². The molecule has 0 bridgehead atoms. The van der Waals surface area contributed by atoms with Crippen LogP contribution >= 0.6 is 11.8 Å². The molecule has 0 radical (unpaired) electrons. The van der Waals surface area contributed by atoms with Gasteiger partial charge in [0.1, 0.15) is 0 Å². The van der Waals surface area contributed by atoms with Crippen molar-refractivity contribution in [1.29, 1.82) is 0 Å². The zero-order chi connectivity index (χ0) is 22.5. The highest BCUT2D eigenvalue weighted by molar-refractivity contribution is 7.99. The van der Waals surface area contributed by atoms with Crippen LogP contribution in [0.4, 0.5) is 20.2 Å². The minimum Gasteiger partial charge on any atom is -0.369 e. The van der Waals surface area contributed by atoms with Crippen molar-refractivity contribution >= 4 is 39.9 Å². The van der Waals surface area contributed by atoms with Crippen LogP contribution < -0.4 is 10.6 Å². The summed E-state index contributed by atoms with van der Waals surface area (Å²) >= 11 is 0.520. The molecule has 0 saturated carbocycles. The number of primary amides is 1. The summed E-state index contributed by atoms with van der Waals surface area (Å²) in [7, 11) is 0. The number of para-hydroxylation sites is 1. The molecule has 0 spiro atoms. The van der Waals surface area contributed by atoms with Crippen molar-refractivity contribution in [3.8, 4) is 0 Å². The number of anilines is 2. The third kappa shape index (κ3) is 5.42. The Morgan fingerprint density at radius 1 is 0.906 bits per heavy atom. The maximum atomic E-state index is 12.7. The van der Waals surface area contributed by atoms with Crippen molar-refractivity contribution in [2.24, 2.45) is 5.73 Å². The van der Waals surface area contributed by atoms with Crippen molar-refractivity contribution in [3.05, 3.63) is 96.2 Å². The number of rotatable bonds is 8. The van der Waals surface area contributed by atoms with E-state index in [1.54, 1.807) is 12.1 Å². The number of benzene rings is 3. The standard InChI is InChI=1S/C25H21F2N3OS/c26-25(27)32-22-13-11-21(12-14-22)30(20-9-5-17(6-10-20)15-24(28)31)16-19-8-7-18-3-1-2-4-23(18)29-19/h1-14,25H,15-16H2,(H2,28,31). The molecule has 0 saturated heterocycles. The van der Waals surface area contributed by atoms with Gasteiger partial charge in [-0.15, -0.1) is 0 Å². The minimum atomic E-state index is -2.46. The monoisotopic (exact) mass is 449 g/mol. The Hall–Kier alpha value is -3.45. The van der Waals surface area contributed by atoms with Crippen molar-refractivity contribution in [2.75, 3.05) is 4.90 Å². The Kier molecular flexibility index (Phi) is 6.66. The lowest BCUT2D eigenvalue weighted by Crippen LogP contribution is -2.18. The van der Waals surface area contributed by atoms with Gasteiger partial charge in [-0.1, -0.05) is 48.2 Å². The first-order chi connectivity index (χ1) is 15.5. The molecular weight excluding hydrogens is 428 g/mol. The molecule has 7 heteroatoms. The number of halogens is 2. The highest BCUT2D eigenvalue weighted by atomic mass is 32.2. The Morgan fingerprint density at radius 3 is 2.22 bits per heavy atom. The first-order valence-electron chi connectivity index (χ1n) is 10.0. The lowest BCUT2D eigenvalue weighted by molar-refractivity contribution is -0.117. The van der Waals surface area contributed by atoms with E-state index >= 15 is 0 Å². The fraction of sp³-hybridized carbons (Fsp3) is 0.120. The molecule has 1 amide bonds. The van der Waals surface area contributed by atoms with Gasteiger partial charge in [-0.2, -0.15) is 8.78 Å². The van der Waals surface area contributed by atoms with Crippen molar-refractivity contribution in [3.63, 3.8) is 0 Å². The molecule has 32 heavy (non-hydrogen) atoms. The van der Waals surface area contributed by atoms with E-state index in [2.05, 4.69) is 4.90 Å². The van der Waals surface area contributed by atoms with E-state index < -0.39 is 5.76 Å². The third-order valence-electron chi connectivity index (χ3n) is 4.98. The quantitative estimate of drug-likeness (QED) is 0.340. The van der Waals surface area contributed by atoms with Crippen molar-refractivity contribution in [2.45, 2.75) is 23.6 Å². The van der Waals surface area contributed by atoms with Gasteiger partial charge >= 0.3 is 0 Å². The number of hydrogen-bond donors (Lipinski definition) is 1. The molecule has 4 aromatic rings. The van der Waals surface area contributed by atoms with E-state index in [4.69, 9.17) is 10.7 Å². The van der Waals surface area contributed by atoms with Crippen LogP contribution in [0.15, 0.2) is 89.8 Å². The fourth-order valence-corrected chi connectivity index (χ4v) is 3.99. The van der Waals surface area contributed by atoms with Crippen LogP contribution in [0, 0.1) is 0 Å². The van der Waals surface area contributed by atoms with Crippen LogP contribution in [0.2, 0.25) is 0 Å². The largest absolute Gasteiger partial charge is 0.369 e. The zero-order valence-electron chi connectivity index (χ0n) is 17.1. The van der Waals surface area contributed by atoms with Crippen LogP contribution in [0.1, 0.15) is 11.3 Å². The van der Waals surface area contributed by atoms with E-state index in [0.29, 0.717) is 23.2 Å². The van der Waals surface area contributed by atoms with Crippen LogP contribution in [0.3, 0.4) is 0 Å². The molecule has 1 aromatic heterocycles. The summed E-state index contributed by atoms with van der Waals surface area (Å²) in [6.45, 7) is 0.487. The van der Waals surface area contributed by atoms with Gasteiger partial charge in [-0.05, 0) is 54.1 Å². The smallest absolute Gasteiger partial charge is 0.288 e. The second kappa shape index (κ2) is 9.78. The summed E-state index contributed by atoms with van der Waals surface area (Å²) in [5.41, 5.74) is 9.64. The number of fused-ring (bicyclic) bond motifs is 1. The topological polar surface area (TPSA) is 59.2 Å². The number of carbonyl (C=O) groups excluding carboxylic acids is 1. The van der Waals surface area contributed by atoms with Gasteiger partial charge in [0.15, 0.2) is 0 Å². The number of alkyl halides is 2. The zero-order valence-corrected chi connectivity index (χ0v) is 17.9. The maximum absolute atomic E-state index is 12.7. The van der Waals surface area contributed by atoms with Gasteiger partial charge in [0.2, 0.25) is 5.91 Å². The van der Waals surface area contributed by atoms with Gasteiger partial charge in [0.05, 0.1) is 24.2 Å². The fourth-order valence-electron chi connectivity index (χ4n) is 3.49. The number of amides is 1. The Labute approximate surface area is 189 Å². The second-order valence-corrected chi connectivity index (χ2v) is 8.33. The first-order valence-corrected chi connectivity index (χ1v) is 10.9. The lowest BCUT2D eigenvalue weighted by Gasteiger charge is -2.25. The number of carbonyl (C=O) groups is 1.